The van der Waals surface area contributed by atoms with Crippen LogP contribution in [0.25, 0.3) is 0 Å². The van der Waals surface area contributed by atoms with E-state index in [1.807, 2.05) is 30.3 Å². The first kappa shape index (κ1) is 43.7. The van der Waals surface area contributed by atoms with Gasteiger partial charge in [0, 0.05) is 6.54 Å². The van der Waals surface area contributed by atoms with Crippen LogP contribution >= 0.6 is 0 Å². The van der Waals surface area contributed by atoms with E-state index in [1.165, 1.54) is 25.7 Å². The van der Waals surface area contributed by atoms with Crippen LogP contribution < -0.4 is 4.74 Å². The highest BCUT2D eigenvalue weighted by Crippen LogP contribution is 2.51. The van der Waals surface area contributed by atoms with Gasteiger partial charge in [-0.05, 0) is 76.6 Å². The lowest BCUT2D eigenvalue weighted by atomic mass is 9.97. The number of hydrogen-bond acceptors (Lipinski definition) is 5. The Labute approximate surface area is 304 Å². The number of allylic oxidation sites excluding steroid dienone is 1. The van der Waals surface area contributed by atoms with Crippen LogP contribution in [-0.2, 0) is 20.2 Å². The van der Waals surface area contributed by atoms with Crippen molar-refractivity contribution in [1.82, 2.24) is 4.90 Å². The second-order valence-corrected chi connectivity index (χ2v) is 27.5. The zero-order valence-corrected chi connectivity index (χ0v) is 35.8. The molecule has 0 aliphatic carbocycles. The molecule has 0 saturated carbocycles. The Morgan fingerprint density at radius 3 is 1.59 bits per heavy atom. The topological polar surface area (TPSA) is 68.2 Å². The van der Waals surface area contributed by atoms with Crippen LogP contribution in [0.5, 0.6) is 5.75 Å². The number of likely N-dealkylation sites (tertiary alicyclic amines) is 1. The molecule has 0 aromatic heterocycles. The van der Waals surface area contributed by atoms with Crippen molar-refractivity contribution in [3.63, 3.8) is 0 Å². The van der Waals surface area contributed by atoms with Gasteiger partial charge >= 0.3 is 0 Å². The first-order chi connectivity index (χ1) is 23.0. The first-order valence-electron chi connectivity index (χ1n) is 19.6. The molecule has 1 heterocycles. The molecule has 1 aliphatic heterocycles. The van der Waals surface area contributed by atoms with Crippen LogP contribution in [0.15, 0.2) is 36.9 Å². The van der Waals surface area contributed by atoms with E-state index in [0.29, 0.717) is 46.2 Å². The molecule has 282 valence electrons. The number of aliphatic hydroxyl groups is 1. The van der Waals surface area contributed by atoms with Crippen molar-refractivity contribution in [2.24, 2.45) is 0 Å². The molecule has 8 heteroatoms. The summed E-state index contributed by atoms with van der Waals surface area (Å²) in [6, 6.07) is 7.84. The maximum absolute atomic E-state index is 15.0. The van der Waals surface area contributed by atoms with Gasteiger partial charge in [0.1, 0.15) is 11.9 Å². The third-order valence-corrected chi connectivity index (χ3v) is 23.9. The van der Waals surface area contributed by atoms with Crippen molar-refractivity contribution in [1.29, 1.82) is 0 Å². The summed E-state index contributed by atoms with van der Waals surface area (Å²) in [4.78, 5) is 16.8. The number of nitrogens with zero attached hydrogens (tertiary/aromatic N) is 1. The van der Waals surface area contributed by atoms with E-state index in [0.717, 1.165) is 37.0 Å². The molecule has 6 nitrogen and oxygen atoms in total. The molecule has 3 atom stereocenters. The van der Waals surface area contributed by atoms with Crippen molar-refractivity contribution >= 4 is 22.5 Å². The molecule has 1 fully saturated rings. The second kappa shape index (κ2) is 19.4. The maximum Gasteiger partial charge on any atom is 0.255 e. The van der Waals surface area contributed by atoms with Gasteiger partial charge < -0.3 is 23.6 Å². The summed E-state index contributed by atoms with van der Waals surface area (Å²) < 4.78 is 20.5. The fourth-order valence-electron chi connectivity index (χ4n) is 9.36. The lowest BCUT2D eigenvalue weighted by molar-refractivity contribution is -0.164. The third-order valence-electron chi connectivity index (χ3n) is 11.7. The number of unbranched alkanes of at least 4 members (excludes halogenated alkanes) is 7. The van der Waals surface area contributed by atoms with Crippen molar-refractivity contribution in [3.8, 4) is 5.75 Å². The number of carbonyl (C=O) groups excluding carboxylic acids is 1. The summed E-state index contributed by atoms with van der Waals surface area (Å²) in [5.74, 6) is 0.630. The van der Waals surface area contributed by atoms with Gasteiger partial charge in [0.05, 0.1) is 7.11 Å². The molecule has 2 rings (SSSR count). The highest BCUT2D eigenvalue weighted by molar-refractivity contribution is 6.78. The second-order valence-electron chi connectivity index (χ2n) is 16.7. The molecule has 1 saturated heterocycles. The third kappa shape index (κ3) is 9.91. The quantitative estimate of drug-likeness (QED) is 0.0693. The molecule has 0 unspecified atom stereocenters. The molecule has 1 amide bonds. The van der Waals surface area contributed by atoms with Gasteiger partial charge in [-0.25, -0.2) is 0 Å². The van der Waals surface area contributed by atoms with E-state index in [1.54, 1.807) is 12.0 Å². The normalized spacial score (nSPS) is 20.7. The van der Waals surface area contributed by atoms with Crippen molar-refractivity contribution in [2.45, 2.75) is 199 Å². The van der Waals surface area contributed by atoms with E-state index in [9.17, 15) is 5.11 Å². The van der Waals surface area contributed by atoms with E-state index < -0.39 is 34.6 Å². The molecule has 0 bridgehead atoms. The molecule has 1 aromatic carbocycles. The van der Waals surface area contributed by atoms with Gasteiger partial charge in [-0.3, -0.25) is 4.79 Å². The van der Waals surface area contributed by atoms with Crippen LogP contribution in [0.2, 0.25) is 33.2 Å². The van der Waals surface area contributed by atoms with E-state index in [-0.39, 0.29) is 5.91 Å². The van der Waals surface area contributed by atoms with E-state index >= 15 is 4.79 Å². The summed E-state index contributed by atoms with van der Waals surface area (Å²) in [7, 11) is -3.43. The fourth-order valence-corrected chi connectivity index (χ4v) is 20.4. The molecule has 1 N–H and O–H groups in total. The van der Waals surface area contributed by atoms with E-state index in [2.05, 4.69) is 89.7 Å². The van der Waals surface area contributed by atoms with Gasteiger partial charge in [0.2, 0.25) is 16.6 Å². The largest absolute Gasteiger partial charge is 0.497 e. The first-order valence-corrected chi connectivity index (χ1v) is 23.9. The van der Waals surface area contributed by atoms with Crippen LogP contribution in [0.4, 0.5) is 0 Å². The standard InChI is InChI=1S/C41H75NO5Si2/c1-15-16-17-18-19-20-21-22-23-28-41(44)39(47-49(33(8)9,34(10)11)35(12)13)38(46-48(30(2)3,31(4)5)32(6)7)40(43)42(41)29-36-24-26-37(45-14)27-25-36/h15,24-27,30-35,38-39,44H,1,16-23,28-29H2,2-14H3/t38-,39-,41-/m0/s1. The Balaban J connectivity index is 2.69. The maximum atomic E-state index is 15.0. The van der Waals surface area contributed by atoms with Gasteiger partial charge in [-0.2, -0.15) is 0 Å². The Bertz CT molecular complexity index is 1090. The minimum atomic E-state index is -2.55. The van der Waals surface area contributed by atoms with Crippen LogP contribution in [-0.4, -0.2) is 57.6 Å². The SMILES string of the molecule is C=CCCCCCCCCC[C@]1(O)[C@@H](O[Si](C(C)C)(C(C)C)C(C)C)[C@H](O[Si](C(C)C)(C(C)C)C(C)C)C(=O)N1Cc1ccc(OC)cc1. The number of ether oxygens (including phenoxy) is 1. The van der Waals surface area contributed by atoms with Gasteiger partial charge in [0.25, 0.3) is 5.91 Å². The summed E-state index contributed by atoms with van der Waals surface area (Å²) in [5, 5.41) is 13.2. The summed E-state index contributed by atoms with van der Waals surface area (Å²) in [5.41, 5.74) is 1.22. The average molecular weight is 718 g/mol. The Kier molecular flexibility index (Phi) is 17.3. The van der Waals surface area contributed by atoms with Crippen molar-refractivity contribution < 1.29 is 23.5 Å². The highest BCUT2D eigenvalue weighted by atomic mass is 28.4. The summed E-state index contributed by atoms with van der Waals surface area (Å²) in [6.45, 7) is 31.3. The van der Waals surface area contributed by atoms with E-state index in [4.69, 9.17) is 13.6 Å². The number of hydrogen-bond donors (Lipinski definition) is 1. The predicted octanol–water partition coefficient (Wildman–Crippen LogP) is 11.5. The molecule has 1 aromatic rings. The number of amides is 1. The Morgan fingerprint density at radius 1 is 0.735 bits per heavy atom. The molecule has 0 radical (unpaired) electrons. The van der Waals surface area contributed by atoms with Crippen molar-refractivity contribution in [2.75, 3.05) is 7.11 Å². The van der Waals surface area contributed by atoms with Gasteiger partial charge in [-0.1, -0.05) is 133 Å². The average Bonchev–Trinajstić information content (AvgIpc) is 3.21. The predicted molar refractivity (Wildman–Crippen MR) is 212 cm³/mol. The van der Waals surface area contributed by atoms with Gasteiger partial charge in [-0.15, -0.1) is 6.58 Å². The lowest BCUT2D eigenvalue weighted by Gasteiger charge is -2.49. The smallest absolute Gasteiger partial charge is 0.255 e. The summed E-state index contributed by atoms with van der Waals surface area (Å²) in [6.07, 6.45) is 9.73. The van der Waals surface area contributed by atoms with Crippen LogP contribution in [0.3, 0.4) is 0 Å². The van der Waals surface area contributed by atoms with Crippen LogP contribution in [0.1, 0.15) is 146 Å². The Morgan fingerprint density at radius 2 is 1.16 bits per heavy atom. The molecular formula is C41H75NO5Si2. The van der Waals surface area contributed by atoms with Crippen LogP contribution in [0, 0.1) is 0 Å². The highest BCUT2D eigenvalue weighted by Gasteiger charge is 2.64. The Hall–Kier alpha value is -1.46. The minimum absolute atomic E-state index is 0.136. The fraction of sp³-hybridized carbons (Fsp3) is 0.780. The molecule has 49 heavy (non-hydrogen) atoms. The lowest BCUT2D eigenvalue weighted by Crippen LogP contribution is -2.61. The zero-order valence-electron chi connectivity index (χ0n) is 33.8. The molecule has 0 spiro atoms. The monoisotopic (exact) mass is 718 g/mol. The molecule has 1 aliphatic rings. The minimum Gasteiger partial charge on any atom is -0.497 e. The summed E-state index contributed by atoms with van der Waals surface area (Å²) >= 11 is 0. The van der Waals surface area contributed by atoms with Gasteiger partial charge in [0.15, 0.2) is 11.8 Å². The zero-order chi connectivity index (χ0) is 37.2. The number of benzene rings is 1. The molecular weight excluding hydrogens is 643 g/mol. The van der Waals surface area contributed by atoms with Crippen molar-refractivity contribution in [3.05, 3.63) is 42.5 Å². The number of carbonyl (C=O) groups is 1. The number of rotatable bonds is 23. The number of methoxy groups -OCH3 is 1.